The van der Waals surface area contributed by atoms with Crippen molar-refractivity contribution in [2.75, 3.05) is 6.61 Å². The van der Waals surface area contributed by atoms with Crippen molar-refractivity contribution in [3.63, 3.8) is 0 Å². The van der Waals surface area contributed by atoms with Gasteiger partial charge in [0.1, 0.15) is 11.5 Å². The lowest BCUT2D eigenvalue weighted by Gasteiger charge is -2.16. The lowest BCUT2D eigenvalue weighted by atomic mass is 10.2. The van der Waals surface area contributed by atoms with Gasteiger partial charge in [-0.2, -0.15) is 0 Å². The zero-order valence-electron chi connectivity index (χ0n) is 15.6. The second kappa shape index (κ2) is 7.90. The highest BCUT2D eigenvalue weighted by Crippen LogP contribution is 2.28. The topological polar surface area (TPSA) is 70.2 Å². The molecule has 2 aromatic carbocycles. The fourth-order valence-corrected chi connectivity index (χ4v) is 3.85. The maximum atomic E-state index is 13.3. The number of nitrogens with zero attached hydrogens (tertiary/aromatic N) is 3. The summed E-state index contributed by atoms with van der Waals surface area (Å²) < 4.78 is 12.5. The molecule has 2 heterocycles. The van der Waals surface area contributed by atoms with E-state index in [1.54, 1.807) is 10.6 Å². The number of hydrogen-bond acceptors (Lipinski definition) is 6. The van der Waals surface area contributed by atoms with Gasteiger partial charge in [-0.3, -0.25) is 9.36 Å². The van der Waals surface area contributed by atoms with E-state index in [9.17, 15) is 4.79 Å². The van der Waals surface area contributed by atoms with Crippen molar-refractivity contribution in [3.05, 3.63) is 76.4 Å². The number of ether oxygens (including phenoxy) is 1. The Morgan fingerprint density at radius 3 is 2.71 bits per heavy atom. The first kappa shape index (κ1) is 18.3. The van der Waals surface area contributed by atoms with E-state index in [2.05, 4.69) is 5.16 Å². The van der Waals surface area contributed by atoms with Gasteiger partial charge in [0.05, 0.1) is 28.9 Å². The third-order valence-corrected chi connectivity index (χ3v) is 5.15. The van der Waals surface area contributed by atoms with Gasteiger partial charge in [-0.25, -0.2) is 4.98 Å². The van der Waals surface area contributed by atoms with Gasteiger partial charge in [0.25, 0.3) is 5.56 Å². The van der Waals surface area contributed by atoms with Crippen molar-refractivity contribution >= 4 is 22.7 Å². The van der Waals surface area contributed by atoms with E-state index < -0.39 is 0 Å². The monoisotopic (exact) mass is 393 g/mol. The van der Waals surface area contributed by atoms with Crippen LogP contribution in [0.3, 0.4) is 0 Å². The first-order valence-electron chi connectivity index (χ1n) is 8.96. The van der Waals surface area contributed by atoms with Crippen LogP contribution < -0.4 is 10.3 Å². The Kier molecular flexibility index (Phi) is 5.16. The van der Waals surface area contributed by atoms with Gasteiger partial charge in [0.2, 0.25) is 0 Å². The molecule has 0 atom stereocenters. The highest BCUT2D eigenvalue weighted by Gasteiger charge is 2.17. The molecule has 0 aliphatic rings. The number of thioether (sulfide) groups is 1. The molecule has 0 spiro atoms. The fourth-order valence-electron chi connectivity index (χ4n) is 2.97. The molecule has 0 fully saturated rings. The SMILES string of the molecule is CCOc1ccccc1-n1c(SCc2cc(C)on2)nc2ccccc2c1=O. The maximum absolute atomic E-state index is 13.3. The van der Waals surface area contributed by atoms with Crippen LogP contribution in [0.15, 0.2) is 69.1 Å². The highest BCUT2D eigenvalue weighted by atomic mass is 32.2. The minimum Gasteiger partial charge on any atom is -0.492 e. The van der Waals surface area contributed by atoms with Crippen molar-refractivity contribution in [3.8, 4) is 11.4 Å². The fraction of sp³-hybridized carbons (Fsp3) is 0.190. The second-order valence-electron chi connectivity index (χ2n) is 6.17. The Balaban J connectivity index is 1.87. The standard InChI is InChI=1S/C21H19N3O3S/c1-3-26-19-11-7-6-10-18(19)24-20(25)16-8-4-5-9-17(16)22-21(24)28-13-15-12-14(2)27-23-15/h4-12H,3,13H2,1-2H3. The second-order valence-corrected chi connectivity index (χ2v) is 7.11. The van der Waals surface area contributed by atoms with Crippen LogP contribution in [0.2, 0.25) is 0 Å². The van der Waals surface area contributed by atoms with Crippen molar-refractivity contribution < 1.29 is 9.26 Å². The molecule has 0 radical (unpaired) electrons. The third kappa shape index (κ3) is 3.53. The van der Waals surface area contributed by atoms with Crippen LogP contribution in [0, 0.1) is 6.92 Å². The Hall–Kier alpha value is -3.06. The smallest absolute Gasteiger partial charge is 0.266 e. The average molecular weight is 393 g/mol. The van der Waals surface area contributed by atoms with Crippen LogP contribution >= 0.6 is 11.8 Å². The zero-order chi connectivity index (χ0) is 19.5. The number of rotatable bonds is 6. The van der Waals surface area contributed by atoms with Crippen LogP contribution in [0.1, 0.15) is 18.4 Å². The Bertz CT molecular complexity index is 1180. The number of benzene rings is 2. The number of fused-ring (bicyclic) bond motifs is 1. The van der Waals surface area contributed by atoms with Gasteiger partial charge in [-0.15, -0.1) is 0 Å². The van der Waals surface area contributed by atoms with E-state index >= 15 is 0 Å². The molecule has 0 aliphatic carbocycles. The van der Waals surface area contributed by atoms with Crippen LogP contribution in [0.25, 0.3) is 16.6 Å². The first-order valence-corrected chi connectivity index (χ1v) is 9.95. The van der Waals surface area contributed by atoms with Crippen molar-refractivity contribution in [1.82, 2.24) is 14.7 Å². The number of aromatic nitrogens is 3. The lowest BCUT2D eigenvalue weighted by Crippen LogP contribution is -2.22. The molecule has 2 aromatic heterocycles. The van der Waals surface area contributed by atoms with E-state index in [0.717, 1.165) is 11.5 Å². The van der Waals surface area contributed by atoms with Crippen LogP contribution in [-0.2, 0) is 5.75 Å². The molecule has 0 bridgehead atoms. The number of para-hydroxylation sites is 3. The summed E-state index contributed by atoms with van der Waals surface area (Å²) in [5.41, 5.74) is 2.01. The molecule has 6 nitrogen and oxygen atoms in total. The van der Waals surface area contributed by atoms with Crippen LogP contribution in [0.5, 0.6) is 5.75 Å². The molecule has 28 heavy (non-hydrogen) atoms. The summed E-state index contributed by atoms with van der Waals surface area (Å²) >= 11 is 1.44. The molecular formula is C21H19N3O3S. The van der Waals surface area contributed by atoms with Gasteiger partial charge in [-0.1, -0.05) is 41.2 Å². The predicted molar refractivity (Wildman–Crippen MR) is 109 cm³/mol. The first-order chi connectivity index (χ1) is 13.7. The number of aryl methyl sites for hydroxylation is 1. The predicted octanol–water partition coefficient (Wildman–Crippen LogP) is 4.37. The molecule has 142 valence electrons. The quantitative estimate of drug-likeness (QED) is 0.358. The molecular weight excluding hydrogens is 374 g/mol. The van der Waals surface area contributed by atoms with E-state index in [1.165, 1.54) is 11.8 Å². The van der Waals surface area contributed by atoms with Gasteiger partial charge in [0.15, 0.2) is 5.16 Å². The Labute approximate surface area is 166 Å². The molecule has 0 unspecified atom stereocenters. The van der Waals surface area contributed by atoms with E-state index in [4.69, 9.17) is 14.2 Å². The minimum absolute atomic E-state index is 0.128. The highest BCUT2D eigenvalue weighted by molar-refractivity contribution is 7.98. The largest absolute Gasteiger partial charge is 0.492 e. The molecule has 0 saturated heterocycles. The molecule has 0 aliphatic heterocycles. The van der Waals surface area contributed by atoms with Crippen molar-refractivity contribution in [2.45, 2.75) is 24.8 Å². The summed E-state index contributed by atoms with van der Waals surface area (Å²) in [6, 6.07) is 16.7. The van der Waals surface area contributed by atoms with E-state index in [1.807, 2.05) is 62.4 Å². The van der Waals surface area contributed by atoms with Gasteiger partial charge in [-0.05, 0) is 38.1 Å². The van der Waals surface area contributed by atoms with E-state index in [-0.39, 0.29) is 5.56 Å². The molecule has 4 aromatic rings. The van der Waals surface area contributed by atoms with Crippen LogP contribution in [0.4, 0.5) is 0 Å². The zero-order valence-corrected chi connectivity index (χ0v) is 16.4. The van der Waals surface area contributed by atoms with Gasteiger partial charge >= 0.3 is 0 Å². The summed E-state index contributed by atoms with van der Waals surface area (Å²) in [4.78, 5) is 18.1. The average Bonchev–Trinajstić information content (AvgIpc) is 3.13. The minimum atomic E-state index is -0.128. The summed E-state index contributed by atoms with van der Waals surface area (Å²) in [7, 11) is 0. The van der Waals surface area contributed by atoms with E-state index in [0.29, 0.717) is 39.9 Å². The van der Waals surface area contributed by atoms with Crippen molar-refractivity contribution in [1.29, 1.82) is 0 Å². The van der Waals surface area contributed by atoms with Crippen molar-refractivity contribution in [2.24, 2.45) is 0 Å². The molecule has 0 saturated carbocycles. The summed E-state index contributed by atoms with van der Waals surface area (Å²) in [6.45, 7) is 4.28. The molecule has 0 N–H and O–H groups in total. The Morgan fingerprint density at radius 2 is 1.93 bits per heavy atom. The molecule has 4 rings (SSSR count). The van der Waals surface area contributed by atoms with Gasteiger partial charge in [0, 0.05) is 11.8 Å². The molecule has 7 heteroatoms. The van der Waals surface area contributed by atoms with Gasteiger partial charge < -0.3 is 9.26 Å². The van der Waals surface area contributed by atoms with Crippen LogP contribution in [-0.4, -0.2) is 21.3 Å². The normalized spacial score (nSPS) is 11.1. The third-order valence-electron chi connectivity index (χ3n) is 4.18. The Morgan fingerprint density at radius 1 is 1.14 bits per heavy atom. The maximum Gasteiger partial charge on any atom is 0.266 e. The lowest BCUT2D eigenvalue weighted by molar-refractivity contribution is 0.338. The summed E-state index contributed by atoms with van der Waals surface area (Å²) in [5, 5.41) is 5.17. The summed E-state index contributed by atoms with van der Waals surface area (Å²) in [6.07, 6.45) is 0. The summed E-state index contributed by atoms with van der Waals surface area (Å²) in [5.74, 6) is 1.93. The number of hydrogen-bond donors (Lipinski definition) is 0. The molecule has 0 amide bonds.